The summed E-state index contributed by atoms with van der Waals surface area (Å²) in [5.41, 5.74) is 0. The Hall–Kier alpha value is -1.08. The highest BCUT2D eigenvalue weighted by molar-refractivity contribution is 9.10. The van der Waals surface area contributed by atoms with Gasteiger partial charge < -0.3 is 4.90 Å². The number of nitriles is 1. The lowest BCUT2D eigenvalue weighted by Crippen LogP contribution is -2.40. The van der Waals surface area contributed by atoms with Crippen molar-refractivity contribution in [3.05, 3.63) is 28.7 Å². The number of hydrogen-bond acceptors (Lipinski definition) is 5. The number of thioether (sulfide) groups is 1. The van der Waals surface area contributed by atoms with Crippen LogP contribution in [0.15, 0.2) is 38.6 Å². The van der Waals surface area contributed by atoms with Crippen LogP contribution in [0.1, 0.15) is 12.8 Å². The Labute approximate surface area is 155 Å². The van der Waals surface area contributed by atoms with Crippen LogP contribution in [0.5, 0.6) is 0 Å². The molecule has 0 amide bonds. The zero-order valence-corrected chi connectivity index (χ0v) is 16.5. The van der Waals surface area contributed by atoms with Crippen LogP contribution >= 0.6 is 27.7 Å². The highest BCUT2D eigenvalue weighted by Crippen LogP contribution is 2.20. The Kier molecular flexibility index (Phi) is 7.10. The van der Waals surface area contributed by atoms with Crippen molar-refractivity contribution in [3.63, 3.8) is 0 Å². The van der Waals surface area contributed by atoms with Crippen molar-refractivity contribution in [2.75, 3.05) is 25.9 Å². The number of benzene rings is 1. The first-order valence-corrected chi connectivity index (χ1v) is 11.0. The minimum Gasteiger partial charge on any atom is -0.351 e. The maximum Gasteiger partial charge on any atom is 0.240 e. The van der Waals surface area contributed by atoms with Crippen molar-refractivity contribution >= 4 is 42.9 Å². The maximum absolute atomic E-state index is 12.3. The summed E-state index contributed by atoms with van der Waals surface area (Å²) in [4.78, 5) is 6.17. The summed E-state index contributed by atoms with van der Waals surface area (Å²) >= 11 is 4.75. The molecule has 24 heavy (non-hydrogen) atoms. The van der Waals surface area contributed by atoms with Gasteiger partial charge in [0.15, 0.2) is 5.17 Å². The quantitative estimate of drug-likeness (QED) is 0.450. The number of nitrogens with zero attached hydrogens (tertiary/aromatic N) is 3. The molecule has 0 bridgehead atoms. The van der Waals surface area contributed by atoms with E-state index in [0.717, 1.165) is 35.6 Å². The number of sulfonamides is 1. The first-order valence-electron chi connectivity index (χ1n) is 7.47. The van der Waals surface area contributed by atoms with Crippen LogP contribution in [0.3, 0.4) is 0 Å². The lowest BCUT2D eigenvalue weighted by atomic mass is 9.98. The number of halogens is 1. The molecule has 1 aliphatic heterocycles. The van der Waals surface area contributed by atoms with Gasteiger partial charge in [-0.3, -0.25) is 0 Å². The fourth-order valence-corrected chi connectivity index (χ4v) is 4.49. The maximum atomic E-state index is 12.3. The first kappa shape index (κ1) is 19.2. The molecule has 0 unspecified atom stereocenters. The summed E-state index contributed by atoms with van der Waals surface area (Å²) in [6, 6.07) is 6.59. The lowest BCUT2D eigenvalue weighted by Gasteiger charge is -2.33. The largest absolute Gasteiger partial charge is 0.351 e. The molecule has 6 nitrogen and oxygen atoms in total. The molecule has 1 aliphatic rings. The number of amidine groups is 1. The third-order valence-electron chi connectivity index (χ3n) is 3.90. The van der Waals surface area contributed by atoms with E-state index in [9.17, 15) is 8.42 Å². The van der Waals surface area contributed by atoms with Gasteiger partial charge in [0.05, 0.1) is 4.90 Å². The van der Waals surface area contributed by atoms with Gasteiger partial charge in [-0.05, 0) is 49.3 Å². The number of hydrogen-bond donors (Lipinski definition) is 1. The number of nitrogens with one attached hydrogen (secondary N) is 1. The van der Waals surface area contributed by atoms with Gasteiger partial charge in [-0.1, -0.05) is 27.7 Å². The molecule has 1 aromatic rings. The fraction of sp³-hybridized carbons (Fsp3) is 0.467. The first-order chi connectivity index (χ1) is 11.5. The van der Waals surface area contributed by atoms with E-state index in [0.29, 0.717) is 6.54 Å². The van der Waals surface area contributed by atoms with Crippen LogP contribution in [0.2, 0.25) is 0 Å². The summed E-state index contributed by atoms with van der Waals surface area (Å²) in [6.45, 7) is 1.99. The molecule has 0 aliphatic carbocycles. The van der Waals surface area contributed by atoms with Crippen molar-refractivity contribution in [2.24, 2.45) is 10.9 Å². The van der Waals surface area contributed by atoms with Crippen LogP contribution in [-0.4, -0.2) is 44.4 Å². The Bertz CT molecular complexity index is 721. The Morgan fingerprint density at radius 2 is 2.04 bits per heavy atom. The van der Waals surface area contributed by atoms with E-state index in [2.05, 4.69) is 30.5 Å². The molecule has 0 aromatic heterocycles. The van der Waals surface area contributed by atoms with Crippen molar-refractivity contribution in [1.82, 2.24) is 9.62 Å². The molecule has 130 valence electrons. The van der Waals surface area contributed by atoms with Gasteiger partial charge in [0.1, 0.15) is 0 Å². The predicted octanol–water partition coefficient (Wildman–Crippen LogP) is 2.64. The average molecular weight is 431 g/mol. The van der Waals surface area contributed by atoms with Crippen molar-refractivity contribution < 1.29 is 8.42 Å². The van der Waals surface area contributed by atoms with E-state index in [-0.39, 0.29) is 10.8 Å². The number of likely N-dealkylation sites (tertiary alicyclic amines) is 1. The second-order valence-electron chi connectivity index (χ2n) is 5.43. The number of aliphatic imine (C=N–C) groups is 1. The van der Waals surface area contributed by atoms with Gasteiger partial charge in [0.25, 0.3) is 0 Å². The van der Waals surface area contributed by atoms with Gasteiger partial charge in [-0.15, -0.1) is 4.99 Å². The summed E-state index contributed by atoms with van der Waals surface area (Å²) < 4.78 is 28.1. The molecule has 1 aromatic carbocycles. The van der Waals surface area contributed by atoms with Gasteiger partial charge >= 0.3 is 0 Å². The Morgan fingerprint density at radius 1 is 1.42 bits per heavy atom. The van der Waals surface area contributed by atoms with Gasteiger partial charge in [-0.2, -0.15) is 5.26 Å². The molecule has 1 saturated heterocycles. The molecular weight excluding hydrogens is 412 g/mol. The molecule has 1 N–H and O–H groups in total. The van der Waals surface area contributed by atoms with E-state index < -0.39 is 10.0 Å². The lowest BCUT2D eigenvalue weighted by molar-refractivity contribution is 0.270. The van der Waals surface area contributed by atoms with Crippen LogP contribution in [0.25, 0.3) is 0 Å². The molecule has 2 rings (SSSR count). The summed E-state index contributed by atoms with van der Waals surface area (Å²) in [5.74, 6) is 0.289. The molecular formula is C15H19BrN4O2S2. The molecule has 0 radical (unpaired) electrons. The molecule has 1 fully saturated rings. The van der Waals surface area contributed by atoms with Crippen LogP contribution in [0, 0.1) is 17.4 Å². The topological polar surface area (TPSA) is 85.6 Å². The molecule has 0 spiro atoms. The van der Waals surface area contributed by atoms with Crippen molar-refractivity contribution in [3.8, 4) is 6.19 Å². The average Bonchev–Trinajstić information content (AvgIpc) is 2.59. The predicted molar refractivity (Wildman–Crippen MR) is 100 cm³/mol. The zero-order valence-electron chi connectivity index (χ0n) is 13.3. The number of rotatable bonds is 4. The van der Waals surface area contributed by atoms with Crippen molar-refractivity contribution in [1.29, 1.82) is 5.26 Å². The van der Waals surface area contributed by atoms with Crippen LogP contribution < -0.4 is 4.72 Å². The molecule has 0 saturated carbocycles. The second kappa shape index (κ2) is 8.85. The number of piperidine rings is 1. The summed E-state index contributed by atoms with van der Waals surface area (Å²) in [7, 11) is -3.47. The van der Waals surface area contributed by atoms with Crippen molar-refractivity contribution in [2.45, 2.75) is 17.7 Å². The second-order valence-corrected chi connectivity index (χ2v) is 8.89. The van der Waals surface area contributed by atoms with E-state index in [1.165, 1.54) is 11.8 Å². The summed E-state index contributed by atoms with van der Waals surface area (Å²) in [6.07, 6.45) is 5.46. The van der Waals surface area contributed by atoms with E-state index in [4.69, 9.17) is 5.26 Å². The monoisotopic (exact) mass is 430 g/mol. The Morgan fingerprint density at radius 3 is 2.58 bits per heavy atom. The van der Waals surface area contributed by atoms with E-state index >= 15 is 0 Å². The standard InChI is InChI=1S/C15H19BrN4O2S2/c1-23-15(18-11-17)20-8-6-12(7-9-20)10-19-24(21,22)14-4-2-13(16)3-5-14/h2-5,12,19H,6-10H2,1H3. The highest BCUT2D eigenvalue weighted by atomic mass is 79.9. The normalized spacial score (nSPS) is 16.9. The van der Waals surface area contributed by atoms with Gasteiger partial charge in [0.2, 0.25) is 16.2 Å². The van der Waals surface area contributed by atoms with Gasteiger partial charge in [0, 0.05) is 24.1 Å². The smallest absolute Gasteiger partial charge is 0.240 e. The SMILES string of the molecule is CSC(=NC#N)N1CCC(CNS(=O)(=O)c2ccc(Br)cc2)CC1. The highest BCUT2D eigenvalue weighted by Gasteiger charge is 2.23. The summed E-state index contributed by atoms with van der Waals surface area (Å²) in [5, 5.41) is 9.42. The minimum atomic E-state index is -3.47. The van der Waals surface area contributed by atoms with E-state index in [1.807, 2.05) is 12.4 Å². The van der Waals surface area contributed by atoms with E-state index in [1.54, 1.807) is 24.3 Å². The fourth-order valence-electron chi connectivity index (χ4n) is 2.54. The van der Waals surface area contributed by atoms with Gasteiger partial charge in [-0.25, -0.2) is 13.1 Å². The zero-order chi connectivity index (χ0) is 17.6. The third-order valence-corrected chi connectivity index (χ3v) is 6.58. The van der Waals surface area contributed by atoms with Crippen LogP contribution in [0.4, 0.5) is 0 Å². The molecule has 0 atom stereocenters. The minimum absolute atomic E-state index is 0.272. The third kappa shape index (κ3) is 5.21. The molecule has 9 heteroatoms. The van der Waals surface area contributed by atoms with Crippen LogP contribution in [-0.2, 0) is 10.0 Å². The molecule has 1 heterocycles. The Balaban J connectivity index is 1.87.